The van der Waals surface area contributed by atoms with E-state index >= 15 is 0 Å². The third-order valence-corrected chi connectivity index (χ3v) is 3.63. The van der Waals surface area contributed by atoms with Gasteiger partial charge in [0, 0.05) is 44.3 Å². The second-order valence-electron chi connectivity index (χ2n) is 5.50. The lowest BCUT2D eigenvalue weighted by Crippen LogP contribution is -2.22. The van der Waals surface area contributed by atoms with E-state index in [1.165, 1.54) is 0 Å². The lowest BCUT2D eigenvalue weighted by Gasteiger charge is -2.12. The van der Waals surface area contributed by atoms with E-state index in [9.17, 15) is 4.79 Å². The van der Waals surface area contributed by atoms with E-state index in [1.54, 1.807) is 12.4 Å². The van der Waals surface area contributed by atoms with E-state index in [-0.39, 0.29) is 5.91 Å². The van der Waals surface area contributed by atoms with Gasteiger partial charge in [-0.3, -0.25) is 14.8 Å². The molecule has 1 amide bonds. The minimum absolute atomic E-state index is 0.0884. The SMILES string of the molecule is CN(C)c1ccc(C(=O)NCc2ccc3nccnc3c2)cc1. The third kappa shape index (κ3) is 3.45. The standard InChI is InChI=1S/C18H18N4O/c1-22(2)15-6-4-14(5-7-15)18(23)21-12-13-3-8-16-17(11-13)20-10-9-19-16/h3-11H,12H2,1-2H3,(H,21,23). The topological polar surface area (TPSA) is 58.1 Å². The van der Waals surface area contributed by atoms with Crippen molar-refractivity contribution in [3.8, 4) is 0 Å². The van der Waals surface area contributed by atoms with Crippen LogP contribution < -0.4 is 10.2 Å². The first kappa shape index (κ1) is 15.0. The van der Waals surface area contributed by atoms with Crippen molar-refractivity contribution in [1.29, 1.82) is 0 Å². The average Bonchev–Trinajstić information content (AvgIpc) is 2.59. The Morgan fingerprint density at radius 3 is 2.39 bits per heavy atom. The summed E-state index contributed by atoms with van der Waals surface area (Å²) in [5.41, 5.74) is 4.39. The molecular formula is C18H18N4O. The Bertz CT molecular complexity index is 828. The fraction of sp³-hybridized carbons (Fsp3) is 0.167. The van der Waals surface area contributed by atoms with Crippen LogP contribution >= 0.6 is 0 Å². The molecule has 1 heterocycles. The Morgan fingerprint density at radius 1 is 1.00 bits per heavy atom. The first-order chi connectivity index (χ1) is 11.1. The predicted octanol–water partition coefficient (Wildman–Crippen LogP) is 2.63. The molecule has 0 bridgehead atoms. The zero-order valence-electron chi connectivity index (χ0n) is 13.2. The van der Waals surface area contributed by atoms with Gasteiger partial charge in [-0.15, -0.1) is 0 Å². The van der Waals surface area contributed by atoms with Gasteiger partial charge in [-0.2, -0.15) is 0 Å². The molecule has 0 aliphatic rings. The van der Waals surface area contributed by atoms with Crippen molar-refractivity contribution in [1.82, 2.24) is 15.3 Å². The van der Waals surface area contributed by atoms with Gasteiger partial charge in [0.2, 0.25) is 0 Å². The highest BCUT2D eigenvalue weighted by Gasteiger charge is 2.06. The molecule has 3 rings (SSSR count). The van der Waals surface area contributed by atoms with Crippen LogP contribution in [0.15, 0.2) is 54.9 Å². The Hall–Kier alpha value is -2.95. The molecule has 3 aromatic rings. The van der Waals surface area contributed by atoms with Crippen molar-refractivity contribution in [2.24, 2.45) is 0 Å². The number of carbonyl (C=O) groups is 1. The Labute approximate surface area is 135 Å². The summed E-state index contributed by atoms with van der Waals surface area (Å²) in [5, 5.41) is 2.93. The Morgan fingerprint density at radius 2 is 1.70 bits per heavy atom. The van der Waals surface area contributed by atoms with Crippen LogP contribution in [0.25, 0.3) is 11.0 Å². The predicted molar refractivity (Wildman–Crippen MR) is 91.5 cm³/mol. The van der Waals surface area contributed by atoms with E-state index in [4.69, 9.17) is 0 Å². The van der Waals surface area contributed by atoms with E-state index in [0.717, 1.165) is 22.3 Å². The number of aromatic nitrogens is 2. The fourth-order valence-electron chi connectivity index (χ4n) is 2.31. The Kier molecular flexibility index (Phi) is 4.19. The summed E-state index contributed by atoms with van der Waals surface area (Å²) in [6.45, 7) is 0.459. The lowest BCUT2D eigenvalue weighted by atomic mass is 10.1. The lowest BCUT2D eigenvalue weighted by molar-refractivity contribution is 0.0951. The van der Waals surface area contributed by atoms with Gasteiger partial charge in [0.25, 0.3) is 5.91 Å². The maximum atomic E-state index is 12.2. The molecule has 0 saturated heterocycles. The van der Waals surface area contributed by atoms with Gasteiger partial charge in [-0.25, -0.2) is 0 Å². The van der Waals surface area contributed by atoms with Gasteiger partial charge < -0.3 is 10.2 Å². The number of nitrogens with one attached hydrogen (secondary N) is 1. The quantitative estimate of drug-likeness (QED) is 0.805. The second-order valence-corrected chi connectivity index (χ2v) is 5.50. The van der Waals surface area contributed by atoms with Crippen molar-refractivity contribution in [2.75, 3.05) is 19.0 Å². The maximum absolute atomic E-state index is 12.2. The zero-order chi connectivity index (χ0) is 16.2. The number of amides is 1. The minimum atomic E-state index is -0.0884. The molecule has 0 saturated carbocycles. The number of rotatable bonds is 4. The highest BCUT2D eigenvalue weighted by molar-refractivity contribution is 5.94. The van der Waals surface area contributed by atoms with Crippen molar-refractivity contribution in [3.05, 3.63) is 66.0 Å². The number of anilines is 1. The summed E-state index contributed by atoms with van der Waals surface area (Å²) in [5.74, 6) is -0.0884. The van der Waals surface area contributed by atoms with Crippen LogP contribution in [0.3, 0.4) is 0 Å². The summed E-state index contributed by atoms with van der Waals surface area (Å²) in [6, 6.07) is 13.3. The second kappa shape index (κ2) is 6.44. The molecule has 0 aliphatic heterocycles. The number of hydrogen-bond donors (Lipinski definition) is 1. The number of carbonyl (C=O) groups excluding carboxylic acids is 1. The molecule has 0 radical (unpaired) electrons. The molecule has 0 spiro atoms. The summed E-state index contributed by atoms with van der Waals surface area (Å²) >= 11 is 0. The van der Waals surface area contributed by atoms with Crippen LogP contribution in [0.1, 0.15) is 15.9 Å². The van der Waals surface area contributed by atoms with Crippen LogP contribution in [0.2, 0.25) is 0 Å². The van der Waals surface area contributed by atoms with Gasteiger partial charge in [0.05, 0.1) is 11.0 Å². The number of fused-ring (bicyclic) bond motifs is 1. The largest absolute Gasteiger partial charge is 0.378 e. The van der Waals surface area contributed by atoms with E-state index < -0.39 is 0 Å². The highest BCUT2D eigenvalue weighted by Crippen LogP contribution is 2.13. The van der Waals surface area contributed by atoms with Gasteiger partial charge in [-0.05, 0) is 42.0 Å². The van der Waals surface area contributed by atoms with Gasteiger partial charge >= 0.3 is 0 Å². The van der Waals surface area contributed by atoms with Crippen molar-refractivity contribution in [3.63, 3.8) is 0 Å². The molecule has 5 nitrogen and oxygen atoms in total. The van der Waals surface area contributed by atoms with Crippen molar-refractivity contribution >= 4 is 22.6 Å². The summed E-state index contributed by atoms with van der Waals surface area (Å²) in [6.07, 6.45) is 3.33. The summed E-state index contributed by atoms with van der Waals surface area (Å²) < 4.78 is 0. The Balaban J connectivity index is 1.67. The highest BCUT2D eigenvalue weighted by atomic mass is 16.1. The van der Waals surface area contributed by atoms with E-state index in [2.05, 4.69) is 15.3 Å². The molecule has 2 aromatic carbocycles. The molecule has 116 valence electrons. The van der Waals surface area contributed by atoms with Gasteiger partial charge in [0.1, 0.15) is 0 Å². The average molecular weight is 306 g/mol. The number of hydrogen-bond acceptors (Lipinski definition) is 4. The van der Waals surface area contributed by atoms with Crippen LogP contribution in [-0.4, -0.2) is 30.0 Å². The van der Waals surface area contributed by atoms with Crippen LogP contribution in [0.4, 0.5) is 5.69 Å². The van der Waals surface area contributed by atoms with Crippen molar-refractivity contribution in [2.45, 2.75) is 6.54 Å². The van der Waals surface area contributed by atoms with Gasteiger partial charge in [-0.1, -0.05) is 6.07 Å². The number of benzene rings is 2. The smallest absolute Gasteiger partial charge is 0.251 e. The van der Waals surface area contributed by atoms with E-state index in [1.807, 2.05) is 61.5 Å². The third-order valence-electron chi connectivity index (χ3n) is 3.63. The summed E-state index contributed by atoms with van der Waals surface area (Å²) in [7, 11) is 3.94. The van der Waals surface area contributed by atoms with Crippen LogP contribution in [0.5, 0.6) is 0 Å². The molecule has 0 unspecified atom stereocenters. The molecule has 23 heavy (non-hydrogen) atoms. The summed E-state index contributed by atoms with van der Waals surface area (Å²) in [4.78, 5) is 22.7. The van der Waals surface area contributed by atoms with Crippen LogP contribution in [-0.2, 0) is 6.54 Å². The molecule has 1 N–H and O–H groups in total. The van der Waals surface area contributed by atoms with Crippen molar-refractivity contribution < 1.29 is 4.79 Å². The molecule has 0 aliphatic carbocycles. The molecule has 1 aromatic heterocycles. The van der Waals surface area contributed by atoms with Gasteiger partial charge in [0.15, 0.2) is 0 Å². The van der Waals surface area contributed by atoms with E-state index in [0.29, 0.717) is 12.1 Å². The molecule has 0 fully saturated rings. The zero-order valence-corrected chi connectivity index (χ0v) is 13.2. The maximum Gasteiger partial charge on any atom is 0.251 e. The fourth-order valence-corrected chi connectivity index (χ4v) is 2.31. The normalized spacial score (nSPS) is 10.5. The molecule has 0 atom stereocenters. The molecular weight excluding hydrogens is 288 g/mol. The van der Waals surface area contributed by atoms with Crippen LogP contribution in [0, 0.1) is 0 Å². The number of nitrogens with zero attached hydrogens (tertiary/aromatic N) is 3. The minimum Gasteiger partial charge on any atom is -0.378 e. The first-order valence-corrected chi connectivity index (χ1v) is 7.39. The monoisotopic (exact) mass is 306 g/mol. The molecule has 5 heteroatoms. The first-order valence-electron chi connectivity index (χ1n) is 7.39.